The molecule has 3 aromatic rings. The van der Waals surface area contributed by atoms with Crippen LogP contribution >= 0.6 is 0 Å². The predicted molar refractivity (Wildman–Crippen MR) is 116 cm³/mol. The number of carbonyl (C=O) groups excluding carboxylic acids is 1. The molecule has 0 radical (unpaired) electrons. The third-order valence-corrected chi connectivity index (χ3v) is 4.47. The zero-order valence-electron chi connectivity index (χ0n) is 17.5. The highest BCUT2D eigenvalue weighted by Gasteiger charge is 2.27. The van der Waals surface area contributed by atoms with Crippen molar-refractivity contribution in [2.75, 3.05) is 17.2 Å². The van der Waals surface area contributed by atoms with Gasteiger partial charge in [-0.25, -0.2) is 14.4 Å². The Kier molecular flexibility index (Phi) is 6.21. The van der Waals surface area contributed by atoms with Gasteiger partial charge >= 0.3 is 0 Å². The first-order valence-corrected chi connectivity index (χ1v) is 9.75. The van der Waals surface area contributed by atoms with Gasteiger partial charge < -0.3 is 26.0 Å². The van der Waals surface area contributed by atoms with E-state index in [-0.39, 0.29) is 18.2 Å². The van der Waals surface area contributed by atoms with Crippen LogP contribution in [0.2, 0.25) is 0 Å². The lowest BCUT2D eigenvalue weighted by Crippen LogP contribution is -2.42. The summed E-state index contributed by atoms with van der Waals surface area (Å²) in [6.45, 7) is 6.32. The number of aliphatic hydroxyl groups is 1. The number of aromatic nitrogens is 3. The normalized spacial score (nSPS) is 12.8. The molecule has 1 atom stereocenters. The van der Waals surface area contributed by atoms with E-state index in [4.69, 9.17) is 0 Å². The van der Waals surface area contributed by atoms with Crippen LogP contribution in [0.1, 0.15) is 38.1 Å². The van der Waals surface area contributed by atoms with E-state index in [0.29, 0.717) is 11.5 Å². The number of amides is 1. The van der Waals surface area contributed by atoms with E-state index in [1.807, 2.05) is 32.2 Å². The Hall–Kier alpha value is -3.20. The quantitative estimate of drug-likeness (QED) is 0.386. The fourth-order valence-corrected chi connectivity index (χ4v) is 2.82. The lowest BCUT2D eigenvalue weighted by molar-refractivity contribution is -0.00177. The van der Waals surface area contributed by atoms with Gasteiger partial charge in [0.05, 0.1) is 35.3 Å². The van der Waals surface area contributed by atoms with Crippen molar-refractivity contribution in [3.63, 3.8) is 0 Å². The lowest BCUT2D eigenvalue weighted by Gasteiger charge is -2.23. The standard InChI is InChI=1S/C21H27FN6O2/c1-12(2)27-16-8-18(28-14-7-13-5-6-23-19(13)25-9-14)24-10-15(16)20(29)26-11-17(22)21(3,4)30/h5-10,12,17,30H,11H2,1-4H3,(H,23,25)(H,26,29)(H2,24,27,28)/t17-/m1/s1. The van der Waals surface area contributed by atoms with E-state index in [1.165, 1.54) is 20.0 Å². The molecule has 160 valence electrons. The Morgan fingerprint density at radius 2 is 2.03 bits per heavy atom. The van der Waals surface area contributed by atoms with Crippen LogP contribution in [0.25, 0.3) is 11.0 Å². The number of carbonyl (C=O) groups is 1. The fraction of sp³-hybridized carbons (Fsp3) is 0.381. The van der Waals surface area contributed by atoms with Crippen LogP contribution in [-0.4, -0.2) is 50.3 Å². The van der Waals surface area contributed by atoms with Gasteiger partial charge in [-0.1, -0.05) is 0 Å². The molecule has 8 nitrogen and oxygen atoms in total. The average Bonchev–Trinajstić information content (AvgIpc) is 3.12. The van der Waals surface area contributed by atoms with Crippen molar-refractivity contribution in [2.24, 2.45) is 0 Å². The number of nitrogens with zero attached hydrogens (tertiary/aromatic N) is 2. The molecular formula is C21H27FN6O2. The second-order valence-electron chi connectivity index (χ2n) is 8.01. The summed E-state index contributed by atoms with van der Waals surface area (Å²) in [6, 6.07) is 5.65. The van der Waals surface area contributed by atoms with Crippen molar-refractivity contribution in [3.8, 4) is 0 Å². The van der Waals surface area contributed by atoms with Crippen LogP contribution in [0.15, 0.2) is 36.8 Å². The largest absolute Gasteiger partial charge is 0.387 e. The molecule has 0 aliphatic rings. The molecule has 0 aliphatic carbocycles. The number of pyridine rings is 2. The molecule has 5 N–H and O–H groups in total. The minimum absolute atomic E-state index is 0.0648. The molecule has 0 unspecified atom stereocenters. The Balaban J connectivity index is 1.79. The van der Waals surface area contributed by atoms with Gasteiger partial charge in [-0.15, -0.1) is 0 Å². The number of aromatic amines is 1. The highest BCUT2D eigenvalue weighted by atomic mass is 19.1. The Labute approximate surface area is 174 Å². The number of halogens is 1. The van der Waals surface area contributed by atoms with Crippen LogP contribution in [0.5, 0.6) is 0 Å². The van der Waals surface area contributed by atoms with Crippen molar-refractivity contribution >= 4 is 34.1 Å². The number of anilines is 3. The second kappa shape index (κ2) is 8.66. The summed E-state index contributed by atoms with van der Waals surface area (Å²) >= 11 is 0. The maximum absolute atomic E-state index is 14.0. The minimum Gasteiger partial charge on any atom is -0.387 e. The monoisotopic (exact) mass is 414 g/mol. The minimum atomic E-state index is -1.59. The van der Waals surface area contributed by atoms with E-state index in [9.17, 15) is 14.3 Å². The van der Waals surface area contributed by atoms with Gasteiger partial charge in [0.15, 0.2) is 0 Å². The molecule has 0 aliphatic heterocycles. The maximum Gasteiger partial charge on any atom is 0.255 e. The molecule has 1 amide bonds. The fourth-order valence-electron chi connectivity index (χ4n) is 2.82. The maximum atomic E-state index is 14.0. The van der Waals surface area contributed by atoms with Crippen LogP contribution in [0, 0.1) is 0 Å². The van der Waals surface area contributed by atoms with E-state index in [2.05, 4.69) is 30.9 Å². The summed E-state index contributed by atoms with van der Waals surface area (Å²) in [6.07, 6.45) is 3.35. The number of fused-ring (bicyclic) bond motifs is 1. The molecule has 3 rings (SSSR count). The van der Waals surface area contributed by atoms with Crippen LogP contribution in [0.3, 0.4) is 0 Å². The first-order valence-electron chi connectivity index (χ1n) is 9.75. The SMILES string of the molecule is CC(C)Nc1cc(Nc2cnc3[nH]ccc3c2)ncc1C(=O)NC[C@@H](F)C(C)(C)O. The molecule has 30 heavy (non-hydrogen) atoms. The van der Waals surface area contributed by atoms with Gasteiger partial charge in [0, 0.05) is 29.9 Å². The molecule has 9 heteroatoms. The summed E-state index contributed by atoms with van der Waals surface area (Å²) in [7, 11) is 0. The van der Waals surface area contributed by atoms with Crippen molar-refractivity contribution in [1.82, 2.24) is 20.3 Å². The third-order valence-electron chi connectivity index (χ3n) is 4.47. The Morgan fingerprint density at radius 3 is 2.73 bits per heavy atom. The topological polar surface area (TPSA) is 115 Å². The van der Waals surface area contributed by atoms with E-state index >= 15 is 0 Å². The number of alkyl halides is 1. The summed E-state index contributed by atoms with van der Waals surface area (Å²) in [5, 5.41) is 19.6. The van der Waals surface area contributed by atoms with Crippen molar-refractivity contribution in [3.05, 3.63) is 42.4 Å². The van der Waals surface area contributed by atoms with Crippen molar-refractivity contribution in [2.45, 2.75) is 45.5 Å². The number of hydrogen-bond donors (Lipinski definition) is 5. The Bertz CT molecular complexity index is 1030. The van der Waals surface area contributed by atoms with Gasteiger partial charge in [0.2, 0.25) is 0 Å². The molecule has 0 fully saturated rings. The number of H-pyrrole nitrogens is 1. The summed E-state index contributed by atoms with van der Waals surface area (Å²) in [4.78, 5) is 24.3. The van der Waals surface area contributed by atoms with E-state index in [0.717, 1.165) is 16.7 Å². The summed E-state index contributed by atoms with van der Waals surface area (Å²) < 4.78 is 14.0. The lowest BCUT2D eigenvalue weighted by atomic mass is 10.0. The predicted octanol–water partition coefficient (Wildman–Crippen LogP) is 3.36. The molecule has 0 saturated heterocycles. The van der Waals surface area contributed by atoms with Gasteiger partial charge in [0.25, 0.3) is 5.91 Å². The number of nitrogens with one attached hydrogen (secondary N) is 4. The smallest absolute Gasteiger partial charge is 0.255 e. The highest BCUT2D eigenvalue weighted by Crippen LogP contribution is 2.24. The van der Waals surface area contributed by atoms with Crippen molar-refractivity contribution < 1.29 is 14.3 Å². The molecule has 3 heterocycles. The molecule has 0 spiro atoms. The zero-order valence-corrected chi connectivity index (χ0v) is 17.5. The third kappa shape index (κ3) is 5.24. The zero-order chi connectivity index (χ0) is 21.9. The molecule has 0 saturated carbocycles. The van der Waals surface area contributed by atoms with Crippen molar-refractivity contribution in [1.29, 1.82) is 0 Å². The van der Waals surface area contributed by atoms with E-state index in [1.54, 1.807) is 12.3 Å². The Morgan fingerprint density at radius 1 is 1.27 bits per heavy atom. The summed E-state index contributed by atoms with van der Waals surface area (Å²) in [5.74, 6) is 0.0609. The summed E-state index contributed by atoms with van der Waals surface area (Å²) in [5.41, 5.74) is 0.867. The molecular weight excluding hydrogens is 387 g/mol. The van der Waals surface area contributed by atoms with Crippen LogP contribution < -0.4 is 16.0 Å². The second-order valence-corrected chi connectivity index (χ2v) is 8.01. The molecule has 0 bridgehead atoms. The first-order chi connectivity index (χ1) is 14.1. The van der Waals surface area contributed by atoms with Gasteiger partial charge in [-0.05, 0) is 39.8 Å². The molecule has 3 aromatic heterocycles. The first kappa shape index (κ1) is 21.5. The van der Waals surface area contributed by atoms with Crippen LogP contribution in [0.4, 0.5) is 21.6 Å². The highest BCUT2D eigenvalue weighted by molar-refractivity contribution is 6.00. The van der Waals surface area contributed by atoms with Gasteiger partial charge in [0.1, 0.15) is 17.6 Å². The molecule has 0 aromatic carbocycles. The van der Waals surface area contributed by atoms with Gasteiger partial charge in [-0.3, -0.25) is 4.79 Å². The number of rotatable bonds is 8. The van der Waals surface area contributed by atoms with Gasteiger partial charge in [-0.2, -0.15) is 0 Å². The van der Waals surface area contributed by atoms with Crippen LogP contribution in [-0.2, 0) is 0 Å². The van der Waals surface area contributed by atoms with E-state index < -0.39 is 17.7 Å². The average molecular weight is 414 g/mol. The number of hydrogen-bond acceptors (Lipinski definition) is 6.